The van der Waals surface area contributed by atoms with E-state index in [-0.39, 0.29) is 0 Å². The van der Waals surface area contributed by atoms with Crippen molar-refractivity contribution in [1.29, 1.82) is 0 Å². The molecule has 0 heterocycles. The van der Waals surface area contributed by atoms with Gasteiger partial charge in [0, 0.05) is 35.4 Å². The number of halogens is 11. The molecule has 0 bridgehead atoms. The third-order valence-corrected chi connectivity index (χ3v) is 7.19. The fraction of sp³-hybridized carbons (Fsp3) is 0.286. The van der Waals surface area contributed by atoms with Crippen molar-refractivity contribution >= 4 is 34.7 Å². The Morgan fingerprint density at radius 2 is 1.12 bits per heavy atom. The second-order valence-corrected chi connectivity index (χ2v) is 11.3. The average molecular weight is 759 g/mol. The molecule has 0 aromatic heterocycles. The molecule has 0 aliphatic heterocycles. The molecule has 0 amide bonds. The minimum Gasteiger partial charge on any atom is -0.426 e. The molecule has 3 aromatic rings. The summed E-state index contributed by atoms with van der Waals surface area (Å²) in [6.45, 7) is 2.73. The maximum absolute atomic E-state index is 13.3. The van der Waals surface area contributed by atoms with E-state index in [2.05, 4.69) is 17.4 Å². The van der Waals surface area contributed by atoms with E-state index in [1.54, 1.807) is 24.3 Å². The fourth-order valence-corrected chi connectivity index (χ4v) is 4.75. The van der Waals surface area contributed by atoms with Crippen LogP contribution in [0.2, 0.25) is 0 Å². The highest BCUT2D eigenvalue weighted by Gasteiger charge is 2.86. The monoisotopic (exact) mass is 758 g/mol. The largest absolute Gasteiger partial charge is 0.460 e. The molecule has 2 atom stereocenters. The molecule has 3 rings (SSSR count). The lowest BCUT2D eigenvalue weighted by atomic mass is 9.93. The first kappa shape index (κ1) is 41.2. The summed E-state index contributed by atoms with van der Waals surface area (Å²) < 4.78 is 177. The molecule has 0 saturated carbocycles. The van der Waals surface area contributed by atoms with Crippen LogP contribution in [0.3, 0.4) is 0 Å². The predicted octanol–water partition coefficient (Wildman–Crippen LogP) is 8.07. The van der Waals surface area contributed by atoms with Gasteiger partial charge in [-0.2, -0.15) is 43.5 Å². The van der Waals surface area contributed by atoms with Gasteiger partial charge in [-0.3, -0.25) is 18.9 Å². The Bertz CT molecular complexity index is 1770. The predicted molar refractivity (Wildman–Crippen MR) is 151 cm³/mol. The van der Waals surface area contributed by atoms with E-state index in [0.29, 0.717) is 16.4 Å². The van der Waals surface area contributed by atoms with Crippen molar-refractivity contribution in [3.8, 4) is 33.8 Å². The van der Waals surface area contributed by atoms with E-state index in [4.69, 9.17) is 14.0 Å². The molecule has 0 saturated heterocycles. The number of carbonyl (C=O) groups excluding carboxylic acids is 2. The highest BCUT2D eigenvalue weighted by molar-refractivity contribution is 7.87. The quantitative estimate of drug-likeness (QED) is 0.0702. The van der Waals surface area contributed by atoms with Crippen LogP contribution < -0.4 is 9.47 Å². The first-order valence-electron chi connectivity index (χ1n) is 12.8. The highest BCUT2D eigenvalue weighted by Crippen LogP contribution is 2.55. The summed E-state index contributed by atoms with van der Waals surface area (Å²) in [6, 6.07) is 20.2. The molecular weight excluding hydrogens is 737 g/mol. The Morgan fingerprint density at radius 3 is 1.55 bits per heavy atom. The number of esters is 2. The highest BCUT2D eigenvalue weighted by atomic mass is 32.2. The topological polar surface area (TPSA) is 116 Å². The van der Waals surface area contributed by atoms with E-state index < -0.39 is 58.0 Å². The summed E-state index contributed by atoms with van der Waals surface area (Å²) >= 11 is 4.62. The molecule has 2 unspecified atom stereocenters. The van der Waals surface area contributed by atoms with Crippen molar-refractivity contribution in [3.05, 3.63) is 66.7 Å². The van der Waals surface area contributed by atoms with Crippen LogP contribution in [0.1, 0.15) is 13.8 Å². The van der Waals surface area contributed by atoms with Gasteiger partial charge in [0.05, 0.1) is 0 Å². The molecule has 0 aliphatic rings. The Labute approximate surface area is 274 Å². The van der Waals surface area contributed by atoms with Gasteiger partial charge in [-0.25, -0.2) is 13.2 Å². The first-order chi connectivity index (χ1) is 22.3. The van der Waals surface area contributed by atoms with Crippen LogP contribution in [0, 0.1) is 0 Å². The minimum atomic E-state index is -7.54. The summed E-state index contributed by atoms with van der Waals surface area (Å²) in [6.07, 6.45) is -16.6. The van der Waals surface area contributed by atoms with Crippen LogP contribution in [-0.4, -0.2) is 60.9 Å². The number of para-hydroxylation sites is 2. The summed E-state index contributed by atoms with van der Waals surface area (Å²) in [5.41, 5.74) is 3.08. The van der Waals surface area contributed by atoms with Gasteiger partial charge in [-0.1, -0.05) is 48.5 Å². The van der Waals surface area contributed by atoms with Crippen molar-refractivity contribution in [2.24, 2.45) is 0 Å². The summed E-state index contributed by atoms with van der Waals surface area (Å²) in [5.74, 6) is -15.0. The number of hydrogen-bond donors (Lipinski definition) is 2. The van der Waals surface area contributed by atoms with Gasteiger partial charge in [-0.05, 0) is 23.8 Å². The third-order valence-electron chi connectivity index (χ3n) is 5.80. The Hall–Kier alpha value is -3.95. The number of hydrogen-bond acceptors (Lipinski definition) is 8. The standard InChI is InChI=1S/C22H18O4S.C6H3F11O4S/c1-14(23)25-19-11-5-3-8-16(19)17-10-7-13-21(27)22(17)18-9-4-6-12-20(18)26-15(2)24;7-1(8)2(9)21-6(17,22(18,19)20)4(12,13)3(10,11)5(14,15)16/h3-13,27H,1-2H3;1-2H,(H,18,19,20). The van der Waals surface area contributed by atoms with Gasteiger partial charge in [0.2, 0.25) is 0 Å². The van der Waals surface area contributed by atoms with E-state index in [9.17, 15) is 66.3 Å². The van der Waals surface area contributed by atoms with E-state index in [0.717, 1.165) is 22.3 Å². The van der Waals surface area contributed by atoms with Gasteiger partial charge in [0.15, 0.2) is 0 Å². The lowest BCUT2D eigenvalue weighted by molar-refractivity contribution is -0.407. The molecule has 49 heavy (non-hydrogen) atoms. The van der Waals surface area contributed by atoms with E-state index >= 15 is 0 Å². The maximum atomic E-state index is 13.3. The summed E-state index contributed by atoms with van der Waals surface area (Å²) in [7, 11) is -7.39. The number of benzene rings is 3. The average Bonchev–Trinajstić information content (AvgIpc) is 2.96. The molecule has 0 aliphatic carbocycles. The van der Waals surface area contributed by atoms with Gasteiger partial charge < -0.3 is 9.47 Å². The first-order valence-corrected chi connectivity index (χ1v) is 14.6. The van der Waals surface area contributed by atoms with Crippen molar-refractivity contribution in [2.75, 3.05) is 0 Å². The molecule has 270 valence electrons. The van der Waals surface area contributed by atoms with Crippen molar-refractivity contribution in [3.63, 3.8) is 0 Å². The number of thiol groups is 1. The van der Waals surface area contributed by atoms with Crippen LogP contribution in [0.5, 0.6) is 11.5 Å². The molecule has 8 nitrogen and oxygen atoms in total. The lowest BCUT2D eigenvalue weighted by Crippen LogP contribution is -2.66. The van der Waals surface area contributed by atoms with Gasteiger partial charge in [0.25, 0.3) is 12.8 Å². The Morgan fingerprint density at radius 1 is 0.694 bits per heavy atom. The summed E-state index contributed by atoms with van der Waals surface area (Å²) in [5, 5.41) is -6.85. The van der Waals surface area contributed by atoms with Gasteiger partial charge >= 0.3 is 45.3 Å². The van der Waals surface area contributed by atoms with E-state index in [1.165, 1.54) is 13.8 Å². The zero-order valence-electron chi connectivity index (χ0n) is 24.3. The SMILES string of the molecule is CC(=O)Oc1ccccc1-c1cccc(S)c1-c1ccccc1OC(C)=O.O=S(=O)(O)C(F)(OC(F)C(F)F)C(F)(F)C(F)(F)C(F)(F)F. The molecule has 3 aromatic carbocycles. The van der Waals surface area contributed by atoms with Crippen LogP contribution in [0.25, 0.3) is 22.3 Å². The van der Waals surface area contributed by atoms with Crippen molar-refractivity contribution in [1.82, 2.24) is 0 Å². The molecule has 0 fully saturated rings. The lowest BCUT2D eigenvalue weighted by Gasteiger charge is -2.36. The van der Waals surface area contributed by atoms with Crippen LogP contribution in [-0.2, 0) is 24.4 Å². The number of rotatable bonds is 10. The Balaban J connectivity index is 0.000000349. The van der Waals surface area contributed by atoms with E-state index in [1.807, 2.05) is 42.5 Å². The zero-order chi connectivity index (χ0) is 37.8. The molecular formula is C28H21F11O8S2. The maximum Gasteiger partial charge on any atom is 0.460 e. The number of carbonyl (C=O) groups is 2. The fourth-order valence-electron chi connectivity index (χ4n) is 3.76. The van der Waals surface area contributed by atoms with Crippen molar-refractivity contribution < 1.29 is 85.1 Å². The van der Waals surface area contributed by atoms with Crippen molar-refractivity contribution in [2.45, 2.75) is 54.7 Å². The second-order valence-electron chi connectivity index (χ2n) is 9.34. The minimum absolute atomic E-state index is 0.397. The van der Waals surface area contributed by atoms with Crippen LogP contribution in [0.15, 0.2) is 71.6 Å². The number of alkyl halides is 11. The van der Waals surface area contributed by atoms with Crippen LogP contribution >= 0.6 is 12.6 Å². The normalized spacial score (nSPS) is 14.3. The zero-order valence-corrected chi connectivity index (χ0v) is 26.0. The van der Waals surface area contributed by atoms with Gasteiger partial charge in [-0.15, -0.1) is 12.6 Å². The van der Waals surface area contributed by atoms with Crippen LogP contribution in [0.4, 0.5) is 48.3 Å². The smallest absolute Gasteiger partial charge is 0.426 e. The summed E-state index contributed by atoms with van der Waals surface area (Å²) in [4.78, 5) is 23.7. The molecule has 21 heteroatoms. The number of ether oxygens (including phenoxy) is 3. The Kier molecular flexibility index (Phi) is 12.9. The molecule has 0 spiro atoms. The van der Waals surface area contributed by atoms with Gasteiger partial charge in [0.1, 0.15) is 11.5 Å². The molecule has 0 radical (unpaired) electrons. The molecule has 1 N–H and O–H groups in total. The second kappa shape index (κ2) is 15.3. The third kappa shape index (κ3) is 9.00.